The van der Waals surface area contributed by atoms with Gasteiger partial charge >= 0.3 is 0 Å². The average molecular weight is 225 g/mol. The van der Waals surface area contributed by atoms with Crippen LogP contribution < -0.4 is 0 Å². The monoisotopic (exact) mass is 224 g/mol. The van der Waals surface area contributed by atoms with Crippen LogP contribution in [0.1, 0.15) is 6.92 Å². The van der Waals surface area contributed by atoms with Crippen LogP contribution in [0.5, 0.6) is 0 Å². The molecule has 2 aromatic rings. The van der Waals surface area contributed by atoms with Gasteiger partial charge in [0.25, 0.3) is 0 Å². The zero-order valence-electron chi connectivity index (χ0n) is 6.79. The summed E-state index contributed by atoms with van der Waals surface area (Å²) in [4.78, 5) is 4.13. The van der Waals surface area contributed by atoms with Crippen molar-refractivity contribution in [2.75, 3.05) is 0 Å². The summed E-state index contributed by atoms with van der Waals surface area (Å²) in [5, 5.41) is 1.23. The number of fused-ring (bicyclic) bond motifs is 1. The summed E-state index contributed by atoms with van der Waals surface area (Å²) in [5.74, 6) is 0. The van der Waals surface area contributed by atoms with Crippen LogP contribution in [0.25, 0.3) is 10.9 Å². The van der Waals surface area contributed by atoms with Gasteiger partial charge < -0.3 is 4.57 Å². The van der Waals surface area contributed by atoms with Crippen molar-refractivity contribution in [3.8, 4) is 0 Å². The molecule has 0 aromatic carbocycles. The molecule has 0 saturated heterocycles. The van der Waals surface area contributed by atoms with Gasteiger partial charge in [-0.3, -0.25) is 4.98 Å². The van der Waals surface area contributed by atoms with Gasteiger partial charge in [-0.25, -0.2) is 0 Å². The van der Waals surface area contributed by atoms with E-state index in [1.807, 2.05) is 12.4 Å². The quantitative estimate of drug-likeness (QED) is 0.729. The van der Waals surface area contributed by atoms with E-state index in [0.29, 0.717) is 0 Å². The van der Waals surface area contributed by atoms with Crippen LogP contribution in [0.2, 0.25) is 0 Å². The molecule has 0 N–H and O–H groups in total. The maximum absolute atomic E-state index is 4.13. The van der Waals surface area contributed by atoms with E-state index in [1.54, 1.807) is 0 Å². The smallest absolute Gasteiger partial charge is 0.0678 e. The number of hydrogen-bond donors (Lipinski definition) is 0. The fraction of sp³-hybridized carbons (Fsp3) is 0.222. The van der Waals surface area contributed by atoms with Crippen molar-refractivity contribution in [1.29, 1.82) is 0 Å². The third kappa shape index (κ3) is 1.05. The number of hydrogen-bond acceptors (Lipinski definition) is 1. The largest absolute Gasteiger partial charge is 0.346 e. The minimum Gasteiger partial charge on any atom is -0.346 e. The summed E-state index contributed by atoms with van der Waals surface area (Å²) in [5.41, 5.74) is 1.19. The molecule has 0 aliphatic carbocycles. The summed E-state index contributed by atoms with van der Waals surface area (Å²) in [7, 11) is 0. The van der Waals surface area contributed by atoms with Gasteiger partial charge in [0.1, 0.15) is 0 Å². The molecule has 3 heteroatoms. The minimum atomic E-state index is 0.988. The summed E-state index contributed by atoms with van der Waals surface area (Å²) in [6.07, 6.45) is 5.79. The van der Waals surface area contributed by atoms with Crippen molar-refractivity contribution in [2.24, 2.45) is 0 Å². The second-order valence-electron chi connectivity index (χ2n) is 2.66. The van der Waals surface area contributed by atoms with E-state index >= 15 is 0 Å². The van der Waals surface area contributed by atoms with Crippen LogP contribution in [0, 0.1) is 0 Å². The average Bonchev–Trinajstić information content (AvgIpc) is 2.49. The molecule has 0 bridgehead atoms. The molecule has 0 atom stereocenters. The number of aryl methyl sites for hydroxylation is 1. The zero-order chi connectivity index (χ0) is 8.55. The molecule has 0 aliphatic rings. The van der Waals surface area contributed by atoms with Crippen molar-refractivity contribution >= 4 is 26.8 Å². The van der Waals surface area contributed by atoms with Gasteiger partial charge in [0.2, 0.25) is 0 Å². The molecule has 0 spiro atoms. The highest BCUT2D eigenvalue weighted by Crippen LogP contribution is 2.22. The number of rotatable bonds is 1. The van der Waals surface area contributed by atoms with Crippen molar-refractivity contribution in [3.63, 3.8) is 0 Å². The van der Waals surface area contributed by atoms with E-state index in [0.717, 1.165) is 11.0 Å². The molecule has 0 radical (unpaired) electrons. The fourth-order valence-corrected chi connectivity index (χ4v) is 1.80. The van der Waals surface area contributed by atoms with E-state index in [2.05, 4.69) is 44.7 Å². The van der Waals surface area contributed by atoms with Gasteiger partial charge in [0.05, 0.1) is 11.7 Å². The lowest BCUT2D eigenvalue weighted by atomic mass is 10.3. The SMILES string of the molecule is CCn1ccc2c(Br)cncc21. The molecule has 2 heterocycles. The van der Waals surface area contributed by atoms with Crippen molar-refractivity contribution in [1.82, 2.24) is 9.55 Å². The fourth-order valence-electron chi connectivity index (χ4n) is 1.35. The molecule has 0 saturated carbocycles. The standard InChI is InChI=1S/C9H9BrN2/c1-2-12-4-3-7-8(10)5-11-6-9(7)12/h3-6H,2H2,1H3. The molecule has 0 fully saturated rings. The highest BCUT2D eigenvalue weighted by atomic mass is 79.9. The normalized spacial score (nSPS) is 10.8. The Labute approximate surface area is 79.3 Å². The molecule has 62 valence electrons. The Morgan fingerprint density at radius 2 is 2.33 bits per heavy atom. The maximum Gasteiger partial charge on any atom is 0.0678 e. The lowest BCUT2D eigenvalue weighted by Crippen LogP contribution is -1.90. The minimum absolute atomic E-state index is 0.988. The number of nitrogens with zero attached hydrogens (tertiary/aromatic N) is 2. The van der Waals surface area contributed by atoms with Gasteiger partial charge in [-0.05, 0) is 28.9 Å². The molecular formula is C9H9BrN2. The molecule has 2 aromatic heterocycles. The Kier molecular flexibility index (Phi) is 1.89. The highest BCUT2D eigenvalue weighted by Gasteiger charge is 2.01. The van der Waals surface area contributed by atoms with Crippen LogP contribution in [-0.2, 0) is 6.54 Å². The molecule has 0 unspecified atom stereocenters. The first-order valence-corrected chi connectivity index (χ1v) is 4.70. The van der Waals surface area contributed by atoms with Crippen LogP contribution in [0.4, 0.5) is 0 Å². The number of aromatic nitrogens is 2. The Balaban J connectivity index is 2.80. The van der Waals surface area contributed by atoms with E-state index in [1.165, 1.54) is 10.9 Å². The molecule has 0 amide bonds. The van der Waals surface area contributed by atoms with E-state index in [-0.39, 0.29) is 0 Å². The van der Waals surface area contributed by atoms with Crippen LogP contribution in [0.15, 0.2) is 29.1 Å². The summed E-state index contributed by atoms with van der Waals surface area (Å²) < 4.78 is 3.24. The number of pyridine rings is 1. The Morgan fingerprint density at radius 1 is 1.50 bits per heavy atom. The Bertz CT molecular complexity index is 406. The summed E-state index contributed by atoms with van der Waals surface area (Å²) >= 11 is 3.46. The van der Waals surface area contributed by atoms with E-state index < -0.39 is 0 Å². The van der Waals surface area contributed by atoms with Gasteiger partial charge in [0, 0.05) is 28.8 Å². The molecule has 2 rings (SSSR count). The predicted octanol–water partition coefficient (Wildman–Crippen LogP) is 2.82. The van der Waals surface area contributed by atoms with Crippen LogP contribution in [0.3, 0.4) is 0 Å². The zero-order valence-corrected chi connectivity index (χ0v) is 8.37. The lowest BCUT2D eigenvalue weighted by molar-refractivity contribution is 0.796. The van der Waals surface area contributed by atoms with Crippen molar-refractivity contribution in [3.05, 3.63) is 29.1 Å². The van der Waals surface area contributed by atoms with E-state index in [4.69, 9.17) is 0 Å². The van der Waals surface area contributed by atoms with Crippen LogP contribution in [-0.4, -0.2) is 9.55 Å². The predicted molar refractivity (Wildman–Crippen MR) is 53.1 cm³/mol. The third-order valence-corrected chi connectivity index (χ3v) is 2.62. The van der Waals surface area contributed by atoms with E-state index in [9.17, 15) is 0 Å². The van der Waals surface area contributed by atoms with Crippen molar-refractivity contribution < 1.29 is 0 Å². The first-order chi connectivity index (χ1) is 5.83. The molecule has 2 nitrogen and oxygen atoms in total. The summed E-state index contributed by atoms with van der Waals surface area (Å²) in [6, 6.07) is 2.10. The second kappa shape index (κ2) is 2.90. The summed E-state index contributed by atoms with van der Waals surface area (Å²) in [6.45, 7) is 3.11. The second-order valence-corrected chi connectivity index (χ2v) is 3.51. The van der Waals surface area contributed by atoms with Gasteiger partial charge in [-0.1, -0.05) is 0 Å². The van der Waals surface area contributed by atoms with Crippen LogP contribution >= 0.6 is 15.9 Å². The Hall–Kier alpha value is -0.830. The molecule has 12 heavy (non-hydrogen) atoms. The topological polar surface area (TPSA) is 17.8 Å². The molecule has 0 aliphatic heterocycles. The maximum atomic E-state index is 4.13. The number of halogens is 1. The third-order valence-electron chi connectivity index (χ3n) is 1.99. The van der Waals surface area contributed by atoms with Gasteiger partial charge in [-0.2, -0.15) is 0 Å². The first kappa shape index (κ1) is 7.80. The van der Waals surface area contributed by atoms with Gasteiger partial charge in [-0.15, -0.1) is 0 Å². The van der Waals surface area contributed by atoms with Gasteiger partial charge in [0.15, 0.2) is 0 Å². The lowest BCUT2D eigenvalue weighted by Gasteiger charge is -1.99. The van der Waals surface area contributed by atoms with Crippen molar-refractivity contribution in [2.45, 2.75) is 13.5 Å². The highest BCUT2D eigenvalue weighted by molar-refractivity contribution is 9.10. The first-order valence-electron chi connectivity index (χ1n) is 3.91. The molecular weight excluding hydrogens is 216 g/mol. The Morgan fingerprint density at radius 3 is 3.08 bits per heavy atom.